The quantitative estimate of drug-likeness (QED) is 0.400. The number of carbonyl (C=O) groups is 1. The second-order valence-corrected chi connectivity index (χ2v) is 12.8. The highest BCUT2D eigenvalue weighted by molar-refractivity contribution is 7.80. The number of rotatable bonds is 6. The standard InChI is InChI=1S/C24H40O7S/c1-14(5-4-10-31-32(28,29)30)17-6-7-18-22-19(13-21(27)24(17,18)3)23(2)9-8-16(25)11-15(23)12-20(22)26/h14-15,17-22,26-27H,4-13H2,1-3H3,(H,28,29,30)/t14-,15-,17-,18+,19+,20-,21+,22+,23+,24-/m1/s1. The molecule has 0 amide bonds. The van der Waals surface area contributed by atoms with Gasteiger partial charge in [-0.2, -0.15) is 8.42 Å². The number of hydrogen-bond donors (Lipinski definition) is 3. The molecule has 32 heavy (non-hydrogen) atoms. The van der Waals surface area contributed by atoms with Crippen molar-refractivity contribution in [2.24, 2.45) is 46.3 Å². The molecule has 4 aliphatic carbocycles. The van der Waals surface area contributed by atoms with Crippen molar-refractivity contribution in [3.63, 3.8) is 0 Å². The molecule has 4 saturated carbocycles. The Bertz CT molecular complexity index is 828. The van der Waals surface area contributed by atoms with E-state index in [2.05, 4.69) is 25.0 Å². The minimum absolute atomic E-state index is 0.0109. The largest absolute Gasteiger partial charge is 0.397 e. The fraction of sp³-hybridized carbons (Fsp3) is 0.958. The Hall–Kier alpha value is -0.540. The molecule has 0 aromatic heterocycles. The summed E-state index contributed by atoms with van der Waals surface area (Å²) in [6, 6.07) is 0. The molecule has 3 N–H and O–H groups in total. The van der Waals surface area contributed by atoms with Crippen LogP contribution >= 0.6 is 0 Å². The summed E-state index contributed by atoms with van der Waals surface area (Å²) in [5, 5.41) is 22.8. The van der Waals surface area contributed by atoms with Gasteiger partial charge < -0.3 is 10.2 Å². The van der Waals surface area contributed by atoms with E-state index in [9.17, 15) is 23.4 Å². The summed E-state index contributed by atoms with van der Waals surface area (Å²) in [5.74, 6) is 1.76. The van der Waals surface area contributed by atoms with Crippen molar-refractivity contribution in [1.82, 2.24) is 0 Å². The molecule has 0 bridgehead atoms. The molecule has 0 heterocycles. The number of fused-ring (bicyclic) bond motifs is 5. The smallest absolute Gasteiger partial charge is 0.393 e. The maximum Gasteiger partial charge on any atom is 0.397 e. The van der Waals surface area contributed by atoms with E-state index >= 15 is 0 Å². The van der Waals surface area contributed by atoms with Crippen LogP contribution < -0.4 is 0 Å². The van der Waals surface area contributed by atoms with Gasteiger partial charge in [-0.05, 0) is 91.3 Å². The van der Waals surface area contributed by atoms with Gasteiger partial charge in [0.25, 0.3) is 0 Å². The molecule has 0 aromatic carbocycles. The zero-order valence-corrected chi connectivity index (χ0v) is 20.4. The van der Waals surface area contributed by atoms with Crippen LogP contribution in [0.25, 0.3) is 0 Å². The highest BCUT2D eigenvalue weighted by Crippen LogP contribution is 2.68. The second-order valence-electron chi connectivity index (χ2n) is 11.7. The van der Waals surface area contributed by atoms with Crippen molar-refractivity contribution in [1.29, 1.82) is 0 Å². The SMILES string of the molecule is C[C@H](CCCOS(=O)(=O)O)[C@H]1CC[C@H]2[C@@H]3[C@H](O)C[C@H]4CC(=O)CC[C@]4(C)[C@H]3C[C@H](O)[C@]12C. The van der Waals surface area contributed by atoms with E-state index in [1.807, 2.05) is 0 Å². The van der Waals surface area contributed by atoms with Gasteiger partial charge in [-0.3, -0.25) is 9.35 Å². The van der Waals surface area contributed by atoms with Crippen molar-refractivity contribution < 1.29 is 32.2 Å². The number of hydrogen-bond acceptors (Lipinski definition) is 6. The molecule has 0 unspecified atom stereocenters. The minimum atomic E-state index is -4.41. The van der Waals surface area contributed by atoms with Crippen molar-refractivity contribution >= 4 is 16.2 Å². The topological polar surface area (TPSA) is 121 Å². The first kappa shape index (κ1) is 24.6. The summed E-state index contributed by atoms with van der Waals surface area (Å²) >= 11 is 0. The van der Waals surface area contributed by atoms with E-state index in [1.54, 1.807) is 0 Å². The summed E-state index contributed by atoms with van der Waals surface area (Å²) in [7, 11) is -4.41. The van der Waals surface area contributed by atoms with Gasteiger partial charge in [-0.1, -0.05) is 20.8 Å². The van der Waals surface area contributed by atoms with Gasteiger partial charge in [-0.25, -0.2) is 4.18 Å². The van der Waals surface area contributed by atoms with Gasteiger partial charge in [0.2, 0.25) is 0 Å². The lowest BCUT2D eigenvalue weighted by Crippen LogP contribution is -2.62. The van der Waals surface area contributed by atoms with E-state index in [4.69, 9.17) is 4.55 Å². The lowest BCUT2D eigenvalue weighted by Gasteiger charge is -2.63. The van der Waals surface area contributed by atoms with E-state index in [-0.39, 0.29) is 47.0 Å². The normalized spacial score (nSPS) is 47.4. The van der Waals surface area contributed by atoms with Crippen LogP contribution in [0.4, 0.5) is 0 Å². The molecule has 8 heteroatoms. The monoisotopic (exact) mass is 472 g/mol. The lowest BCUT2D eigenvalue weighted by molar-refractivity contribution is -0.201. The van der Waals surface area contributed by atoms with E-state index in [0.29, 0.717) is 43.8 Å². The van der Waals surface area contributed by atoms with Gasteiger partial charge >= 0.3 is 10.4 Å². The lowest BCUT2D eigenvalue weighted by atomic mass is 9.43. The molecule has 4 fully saturated rings. The molecule has 0 aliphatic heterocycles. The van der Waals surface area contributed by atoms with Crippen molar-refractivity contribution in [2.75, 3.05) is 6.61 Å². The van der Waals surface area contributed by atoms with Crippen molar-refractivity contribution in [3.8, 4) is 0 Å². The predicted octanol–water partition coefficient (Wildman–Crippen LogP) is 3.39. The van der Waals surface area contributed by atoms with Crippen LogP contribution in [-0.4, -0.2) is 47.8 Å². The molecule has 0 radical (unpaired) electrons. The van der Waals surface area contributed by atoms with Gasteiger partial charge in [-0.15, -0.1) is 0 Å². The van der Waals surface area contributed by atoms with Crippen molar-refractivity contribution in [3.05, 3.63) is 0 Å². The van der Waals surface area contributed by atoms with E-state index in [1.165, 1.54) is 0 Å². The molecule has 7 nitrogen and oxygen atoms in total. The van der Waals surface area contributed by atoms with E-state index < -0.39 is 22.6 Å². The van der Waals surface area contributed by atoms with Gasteiger partial charge in [0.05, 0.1) is 18.8 Å². The van der Waals surface area contributed by atoms with Gasteiger partial charge in [0.1, 0.15) is 5.78 Å². The number of ketones is 1. The highest BCUT2D eigenvalue weighted by Gasteiger charge is 2.65. The average Bonchev–Trinajstić information content (AvgIpc) is 3.05. The number of carbonyl (C=O) groups excluding carboxylic acids is 1. The van der Waals surface area contributed by atoms with Crippen LogP contribution in [0.5, 0.6) is 0 Å². The molecule has 0 saturated heterocycles. The summed E-state index contributed by atoms with van der Waals surface area (Å²) < 4.78 is 34.8. The highest BCUT2D eigenvalue weighted by atomic mass is 32.3. The third-order valence-corrected chi connectivity index (χ3v) is 10.9. The molecular weight excluding hydrogens is 432 g/mol. The van der Waals surface area contributed by atoms with Gasteiger partial charge in [0, 0.05) is 12.8 Å². The third kappa shape index (κ3) is 4.08. The third-order valence-electron chi connectivity index (χ3n) is 10.4. The Kier molecular flexibility index (Phi) is 6.60. The van der Waals surface area contributed by atoms with E-state index in [0.717, 1.165) is 25.7 Å². The average molecular weight is 473 g/mol. The zero-order valence-electron chi connectivity index (χ0n) is 19.6. The molecule has 184 valence electrons. The Morgan fingerprint density at radius 3 is 2.56 bits per heavy atom. The maximum absolute atomic E-state index is 12.1. The maximum atomic E-state index is 12.1. The van der Waals surface area contributed by atoms with Crippen LogP contribution in [0, 0.1) is 46.3 Å². The Balaban J connectivity index is 1.51. The molecule has 0 aromatic rings. The summed E-state index contributed by atoms with van der Waals surface area (Å²) in [6.45, 7) is 6.62. The molecule has 4 rings (SSSR count). The Labute approximate surface area is 192 Å². The molecule has 4 aliphatic rings. The first-order chi connectivity index (χ1) is 14.9. The Morgan fingerprint density at radius 1 is 1.16 bits per heavy atom. The van der Waals surface area contributed by atoms with Crippen LogP contribution in [0.1, 0.15) is 78.6 Å². The molecular formula is C24H40O7S. The predicted molar refractivity (Wildman–Crippen MR) is 119 cm³/mol. The summed E-state index contributed by atoms with van der Waals surface area (Å²) in [4.78, 5) is 12.1. The van der Waals surface area contributed by atoms with Crippen LogP contribution in [-0.2, 0) is 19.4 Å². The first-order valence-electron chi connectivity index (χ1n) is 12.4. The van der Waals surface area contributed by atoms with Crippen molar-refractivity contribution in [2.45, 2.75) is 90.8 Å². The summed E-state index contributed by atoms with van der Waals surface area (Å²) in [6.07, 6.45) is 5.84. The first-order valence-corrected chi connectivity index (χ1v) is 13.7. The second kappa shape index (κ2) is 8.59. The van der Waals surface area contributed by atoms with Crippen LogP contribution in [0.3, 0.4) is 0 Å². The number of Topliss-reactive ketones (excluding diaryl/α,β-unsaturated/α-hetero) is 1. The van der Waals surface area contributed by atoms with Gasteiger partial charge in [0.15, 0.2) is 0 Å². The van der Waals surface area contributed by atoms with Crippen LogP contribution in [0.2, 0.25) is 0 Å². The molecule has 0 spiro atoms. The minimum Gasteiger partial charge on any atom is -0.393 e. The Morgan fingerprint density at radius 2 is 1.88 bits per heavy atom. The zero-order chi connectivity index (χ0) is 23.5. The van der Waals surface area contributed by atoms with Crippen LogP contribution in [0.15, 0.2) is 0 Å². The number of aliphatic hydroxyl groups excluding tert-OH is 2. The number of aliphatic hydroxyl groups is 2. The fourth-order valence-corrected chi connectivity index (χ4v) is 9.04. The fourth-order valence-electron chi connectivity index (χ4n) is 8.72. The molecule has 10 atom stereocenters. The summed E-state index contributed by atoms with van der Waals surface area (Å²) in [5.41, 5.74) is -0.268.